The van der Waals surface area contributed by atoms with Crippen LogP contribution in [-0.4, -0.2) is 27.4 Å². The van der Waals surface area contributed by atoms with Crippen LogP contribution in [0.25, 0.3) is 22.3 Å². The number of hydrogen-bond donors (Lipinski definition) is 0. The Morgan fingerprint density at radius 3 is 2.61 bits per heavy atom. The van der Waals surface area contributed by atoms with Crippen LogP contribution < -0.4 is 10.3 Å². The summed E-state index contributed by atoms with van der Waals surface area (Å²) in [5, 5.41) is 15.8. The van der Waals surface area contributed by atoms with Gasteiger partial charge >= 0.3 is 11.9 Å². The molecule has 0 N–H and O–H groups in total. The summed E-state index contributed by atoms with van der Waals surface area (Å²) in [5.41, 5.74) is -1.55. The molecular weight excluding hydrogens is 501 g/mol. The summed E-state index contributed by atoms with van der Waals surface area (Å²) < 4.78 is 46.0. The van der Waals surface area contributed by atoms with Crippen molar-refractivity contribution in [3.05, 3.63) is 97.3 Å². The van der Waals surface area contributed by atoms with Crippen molar-refractivity contribution in [2.45, 2.75) is 13.1 Å². The third-order valence-electron chi connectivity index (χ3n) is 5.06. The third kappa shape index (κ3) is 4.91. The van der Waals surface area contributed by atoms with E-state index in [4.69, 9.17) is 16.3 Å². The Kier molecular flexibility index (Phi) is 6.75. The fourth-order valence-electron chi connectivity index (χ4n) is 3.47. The van der Waals surface area contributed by atoms with Gasteiger partial charge in [-0.2, -0.15) is 22.9 Å². The molecule has 0 fully saturated rings. The van der Waals surface area contributed by atoms with Crippen molar-refractivity contribution >= 4 is 34.4 Å². The molecule has 0 spiro atoms. The van der Waals surface area contributed by atoms with E-state index in [2.05, 4.69) is 10.1 Å². The van der Waals surface area contributed by atoms with E-state index in [1.807, 2.05) is 0 Å². The molecule has 0 saturated heterocycles. The summed E-state index contributed by atoms with van der Waals surface area (Å²) >= 11 is 6.16. The monoisotopic (exact) mass is 516 g/mol. The zero-order chi connectivity index (χ0) is 26.0. The molecule has 184 valence electrons. The summed E-state index contributed by atoms with van der Waals surface area (Å²) in [6.45, 7) is 1.79. The van der Waals surface area contributed by atoms with Crippen LogP contribution in [0.2, 0.25) is 5.02 Å². The number of halogens is 4. The Balaban J connectivity index is 1.91. The molecule has 0 radical (unpaired) electrons. The van der Waals surface area contributed by atoms with Crippen LogP contribution in [0, 0.1) is 10.1 Å². The molecule has 8 nitrogen and oxygen atoms in total. The smallest absolute Gasteiger partial charge is 0.416 e. The normalized spacial score (nSPS) is 11.8. The average molecular weight is 517 g/mol. The largest absolute Gasteiger partial charge is 0.486 e. The highest BCUT2D eigenvalue weighted by Gasteiger charge is 2.31. The van der Waals surface area contributed by atoms with E-state index in [1.54, 1.807) is 25.1 Å². The molecule has 0 aliphatic rings. The maximum atomic E-state index is 13.3. The van der Waals surface area contributed by atoms with E-state index < -0.39 is 27.9 Å². The van der Waals surface area contributed by atoms with Gasteiger partial charge in [-0.1, -0.05) is 35.9 Å². The fraction of sp³-hybridized carbons (Fsp3) is 0.125. The Hall–Kier alpha value is -4.25. The Labute approximate surface area is 206 Å². The highest BCUT2D eigenvalue weighted by Crippen LogP contribution is 2.36. The fourth-order valence-corrected chi connectivity index (χ4v) is 3.75. The second-order valence-electron chi connectivity index (χ2n) is 7.43. The van der Waals surface area contributed by atoms with Crippen LogP contribution in [0.5, 0.6) is 5.75 Å². The summed E-state index contributed by atoms with van der Waals surface area (Å²) in [4.78, 5) is 28.4. The zero-order valence-corrected chi connectivity index (χ0v) is 19.2. The van der Waals surface area contributed by atoms with Crippen molar-refractivity contribution in [2.24, 2.45) is 5.10 Å². The number of fused-ring (bicyclic) bond motifs is 1. The zero-order valence-electron chi connectivity index (χ0n) is 18.5. The minimum absolute atomic E-state index is 0.000495. The van der Waals surface area contributed by atoms with Crippen LogP contribution in [0.15, 0.2) is 70.6 Å². The lowest BCUT2D eigenvalue weighted by Gasteiger charge is -2.12. The van der Waals surface area contributed by atoms with E-state index in [1.165, 1.54) is 24.3 Å². The maximum Gasteiger partial charge on any atom is 0.416 e. The van der Waals surface area contributed by atoms with Gasteiger partial charge in [-0.3, -0.25) is 14.9 Å². The highest BCUT2D eigenvalue weighted by molar-refractivity contribution is 6.32. The van der Waals surface area contributed by atoms with E-state index in [0.29, 0.717) is 0 Å². The summed E-state index contributed by atoms with van der Waals surface area (Å²) in [7, 11) is 0. The number of benzene rings is 3. The second kappa shape index (κ2) is 9.78. The first-order chi connectivity index (χ1) is 17.1. The molecule has 0 atom stereocenters. The lowest BCUT2D eigenvalue weighted by atomic mass is 10.1. The first kappa shape index (κ1) is 24.9. The molecule has 0 saturated carbocycles. The molecule has 0 amide bonds. The third-order valence-corrected chi connectivity index (χ3v) is 5.34. The van der Waals surface area contributed by atoms with E-state index in [9.17, 15) is 28.1 Å². The van der Waals surface area contributed by atoms with Crippen LogP contribution in [0.3, 0.4) is 0 Å². The van der Waals surface area contributed by atoms with Gasteiger partial charge < -0.3 is 4.74 Å². The number of nitrogens with zero attached hydrogens (tertiary/aromatic N) is 4. The van der Waals surface area contributed by atoms with E-state index in [0.717, 1.165) is 29.1 Å². The van der Waals surface area contributed by atoms with Crippen molar-refractivity contribution in [3.8, 4) is 17.1 Å². The number of para-hydroxylation sites is 1. The topological polar surface area (TPSA) is 99.6 Å². The van der Waals surface area contributed by atoms with Crippen molar-refractivity contribution in [1.82, 2.24) is 9.66 Å². The highest BCUT2D eigenvalue weighted by atomic mass is 35.5. The van der Waals surface area contributed by atoms with Gasteiger partial charge in [0.25, 0.3) is 5.56 Å². The summed E-state index contributed by atoms with van der Waals surface area (Å²) in [6, 6.07) is 13.1. The van der Waals surface area contributed by atoms with Crippen LogP contribution in [0.4, 0.5) is 18.9 Å². The Morgan fingerprint density at radius 2 is 1.92 bits per heavy atom. The first-order valence-electron chi connectivity index (χ1n) is 10.4. The lowest BCUT2D eigenvalue weighted by Crippen LogP contribution is -2.20. The van der Waals surface area contributed by atoms with Gasteiger partial charge in [-0.25, -0.2) is 4.98 Å². The molecule has 0 unspecified atom stereocenters. The summed E-state index contributed by atoms with van der Waals surface area (Å²) in [6.07, 6.45) is -3.48. The van der Waals surface area contributed by atoms with Crippen molar-refractivity contribution in [3.63, 3.8) is 0 Å². The van der Waals surface area contributed by atoms with Crippen LogP contribution in [0.1, 0.15) is 18.1 Å². The molecule has 4 aromatic rings. The number of ether oxygens (including phenoxy) is 1. The van der Waals surface area contributed by atoms with Crippen molar-refractivity contribution in [2.75, 3.05) is 6.61 Å². The van der Waals surface area contributed by atoms with E-state index in [-0.39, 0.29) is 45.2 Å². The lowest BCUT2D eigenvalue weighted by molar-refractivity contribution is -0.385. The Morgan fingerprint density at radius 1 is 1.17 bits per heavy atom. The molecule has 12 heteroatoms. The minimum atomic E-state index is -4.61. The minimum Gasteiger partial charge on any atom is -0.486 e. The predicted molar refractivity (Wildman–Crippen MR) is 129 cm³/mol. The summed E-state index contributed by atoms with van der Waals surface area (Å²) in [5.74, 6) is -0.261. The second-order valence-corrected chi connectivity index (χ2v) is 7.84. The maximum absolute atomic E-state index is 13.3. The quantitative estimate of drug-likeness (QED) is 0.180. The standard InChI is InChI=1S/C24H16ClF3N4O4/c1-2-36-21-18(25)10-14(11-20(21)32(34)35)13-29-31-22(15-6-5-7-16(12-15)24(26,27)28)30-19-9-4-3-8-17(19)23(31)33/h3-13H,2H2,1H3. The molecule has 3 aromatic carbocycles. The number of rotatable bonds is 6. The molecule has 1 heterocycles. The number of hydrogen-bond acceptors (Lipinski definition) is 6. The van der Waals surface area contributed by atoms with Crippen molar-refractivity contribution in [1.29, 1.82) is 0 Å². The average Bonchev–Trinajstić information content (AvgIpc) is 2.84. The Bertz CT molecular complexity index is 1570. The van der Waals surface area contributed by atoms with Gasteiger partial charge in [0.1, 0.15) is 0 Å². The molecule has 36 heavy (non-hydrogen) atoms. The molecule has 0 bridgehead atoms. The number of nitro groups is 1. The van der Waals surface area contributed by atoms with Gasteiger partial charge in [0.2, 0.25) is 5.75 Å². The van der Waals surface area contributed by atoms with Gasteiger partial charge in [0.05, 0.1) is 39.2 Å². The first-order valence-corrected chi connectivity index (χ1v) is 10.8. The molecule has 1 aromatic heterocycles. The van der Waals surface area contributed by atoms with Crippen LogP contribution in [-0.2, 0) is 6.18 Å². The molecule has 0 aliphatic heterocycles. The molecule has 4 rings (SSSR count). The van der Waals surface area contributed by atoms with Gasteiger partial charge in [-0.15, -0.1) is 0 Å². The number of aromatic nitrogens is 2. The molecule has 0 aliphatic carbocycles. The van der Waals surface area contributed by atoms with Gasteiger partial charge in [0.15, 0.2) is 5.82 Å². The van der Waals surface area contributed by atoms with Crippen molar-refractivity contribution < 1.29 is 22.8 Å². The molecular formula is C24H16ClF3N4O4. The van der Waals surface area contributed by atoms with Gasteiger partial charge in [0, 0.05) is 17.2 Å². The van der Waals surface area contributed by atoms with Crippen LogP contribution >= 0.6 is 11.6 Å². The van der Waals surface area contributed by atoms with Gasteiger partial charge in [-0.05, 0) is 37.3 Å². The SMILES string of the molecule is CCOc1c(Cl)cc(C=Nn2c(-c3cccc(C(F)(F)F)c3)nc3ccccc3c2=O)cc1[N+](=O)[O-]. The number of alkyl halides is 3. The predicted octanol–water partition coefficient (Wildman–Crippen LogP) is 5.92. The number of nitro benzene ring substituents is 1. The van der Waals surface area contributed by atoms with E-state index >= 15 is 0 Å².